The molecule has 0 spiro atoms. The number of nitrogens with zero attached hydrogens (tertiary/aromatic N) is 1. The third-order valence-corrected chi connectivity index (χ3v) is 2.64. The molecule has 0 aromatic carbocycles. The molecule has 1 rings (SSSR count). The van der Waals surface area contributed by atoms with Crippen molar-refractivity contribution >= 4 is 22.9 Å². The second-order valence-corrected chi connectivity index (χ2v) is 4.38. The monoisotopic (exact) mass is 530 g/mol. The maximum absolute atomic E-state index is 5.41. The summed E-state index contributed by atoms with van der Waals surface area (Å²) in [5.74, 6) is 1.57. The van der Waals surface area contributed by atoms with Gasteiger partial charge in [0.15, 0.2) is 0 Å². The molecule has 4 heteroatoms. The molecule has 0 aromatic rings. The Morgan fingerprint density at radius 1 is 1.42 bits per heavy atom. The van der Waals surface area contributed by atoms with Crippen LogP contribution in [0.2, 0.25) is 0 Å². The van der Waals surface area contributed by atoms with E-state index < -0.39 is 0 Å². The summed E-state index contributed by atoms with van der Waals surface area (Å²) in [5, 5.41) is 0. The van der Waals surface area contributed by atoms with E-state index in [2.05, 4.69) is 32.9 Å². The Morgan fingerprint density at radius 3 is 2.92 bits per heavy atom. The van der Waals surface area contributed by atoms with Gasteiger partial charge in [-0.25, -0.2) is 0 Å². The zero-order valence-electron chi connectivity index (χ0n) is 7.23. The molecule has 1 fully saturated rings. The van der Waals surface area contributed by atoms with Gasteiger partial charge in [-0.2, -0.15) is 13.3 Å². The third-order valence-electron chi connectivity index (χ3n) is 1.81. The van der Waals surface area contributed by atoms with Crippen LogP contribution in [0.3, 0.4) is 0 Å². The largest absolute Gasteiger partial charge is 0.380 e. The minimum Gasteiger partial charge on any atom is -0.380 e. The molecule has 2 nitrogen and oxygen atoms in total. The predicted octanol–water partition coefficient (Wildman–Crippen LogP) is 2.04. The summed E-state index contributed by atoms with van der Waals surface area (Å²) in [6, 6.07) is 0. The predicted molar refractivity (Wildman–Crippen MR) is 54.6 cm³/mol. The van der Waals surface area contributed by atoms with E-state index in [1.54, 1.807) is 5.92 Å². The molecule has 1 aliphatic rings. The Balaban J connectivity index is 0.00000121. The van der Waals surface area contributed by atoms with Crippen molar-refractivity contribution in [1.82, 2.24) is 3.11 Å². The maximum Gasteiger partial charge on any atom is 0.0600 e. The van der Waals surface area contributed by atoms with Crippen LogP contribution in [0.1, 0.15) is 19.8 Å². The van der Waals surface area contributed by atoms with E-state index in [9.17, 15) is 0 Å². The van der Waals surface area contributed by atoms with Crippen LogP contribution in [0, 0.1) is 5.92 Å². The third kappa shape index (κ3) is 4.51. The summed E-state index contributed by atoms with van der Waals surface area (Å²) in [4.78, 5) is 0. The first-order valence-corrected chi connectivity index (χ1v) is 5.05. The van der Waals surface area contributed by atoms with E-state index >= 15 is 0 Å². The second-order valence-electron chi connectivity index (χ2n) is 3.02. The van der Waals surface area contributed by atoms with Crippen LogP contribution < -0.4 is 0 Å². The summed E-state index contributed by atoms with van der Waals surface area (Å²) >= 11 is 2.36. The van der Waals surface area contributed by atoms with Crippen molar-refractivity contribution in [3.05, 3.63) is 5.92 Å². The van der Waals surface area contributed by atoms with Crippen LogP contribution in [0.15, 0.2) is 0 Å². The van der Waals surface area contributed by atoms with Gasteiger partial charge in [0.05, 0.1) is 6.61 Å². The first-order chi connectivity index (χ1) is 5.29. The average Bonchev–Trinajstić information content (AvgIpc) is 2.02. The van der Waals surface area contributed by atoms with Crippen molar-refractivity contribution in [1.29, 1.82) is 0 Å². The molecule has 0 bridgehead atoms. The van der Waals surface area contributed by atoms with Gasteiger partial charge in [-0.3, -0.25) is 3.11 Å². The van der Waals surface area contributed by atoms with E-state index in [1.165, 1.54) is 12.8 Å². The van der Waals surface area contributed by atoms with E-state index in [0.29, 0.717) is 0 Å². The van der Waals surface area contributed by atoms with Crippen molar-refractivity contribution in [2.45, 2.75) is 19.8 Å². The van der Waals surface area contributed by atoms with Crippen molar-refractivity contribution in [2.24, 2.45) is 0 Å². The van der Waals surface area contributed by atoms with Crippen molar-refractivity contribution in [3.8, 4) is 0 Å². The molecule has 81 valence electrons. The first kappa shape index (κ1) is 11.6. The van der Waals surface area contributed by atoms with Gasteiger partial charge >= 0.3 is 0 Å². The number of halogens is 1. The van der Waals surface area contributed by atoms with E-state index in [1.807, 2.05) is 0 Å². The normalized spacial score (nSPS) is 23.5. The van der Waals surface area contributed by atoms with Gasteiger partial charge < -0.3 is 10.7 Å². The topological polar surface area (TPSA) is 12.5 Å². The smallest absolute Gasteiger partial charge is 0.0600 e. The quantitative estimate of drug-likeness (QED) is 0.270. The van der Waals surface area contributed by atoms with Crippen LogP contribution in [0.25, 0.3) is 0 Å². The van der Waals surface area contributed by atoms with Crippen LogP contribution in [-0.4, -0.2) is 29.4 Å². The molecular formula is C8H15ILrNO-. The van der Waals surface area contributed by atoms with Gasteiger partial charge in [0.2, 0.25) is 0 Å². The molecule has 0 aromatic heterocycles. The molecule has 0 N–H and O–H groups in total. The summed E-state index contributed by atoms with van der Waals surface area (Å²) < 4.78 is 7.70. The Labute approximate surface area is 82.8 Å². The second kappa shape index (κ2) is 6.20. The zero-order chi connectivity index (χ0) is 8.10. The Bertz CT molecular complexity index is 103. The number of ether oxygens (including phenoxy) is 1. The van der Waals surface area contributed by atoms with Crippen molar-refractivity contribution in [2.75, 3.05) is 26.3 Å². The average molecular weight is 530 g/mol. The summed E-state index contributed by atoms with van der Waals surface area (Å²) in [7, 11) is 0. The number of hydrogen-bond acceptors (Lipinski definition) is 2. The summed E-state index contributed by atoms with van der Waals surface area (Å²) in [6.07, 6.45) is 2.41. The molecule has 0 unspecified atom stereocenters. The van der Waals surface area contributed by atoms with E-state index in [-0.39, 0.29) is 0 Å². The molecule has 0 aliphatic carbocycles. The van der Waals surface area contributed by atoms with Gasteiger partial charge in [-0.15, -0.1) is 6.54 Å². The van der Waals surface area contributed by atoms with Crippen LogP contribution in [0.5, 0.6) is 0 Å². The molecule has 12 heavy (non-hydrogen) atoms. The van der Waals surface area contributed by atoms with Crippen LogP contribution in [-0.2, 0) is 4.74 Å². The maximum atomic E-state index is 5.41. The van der Waals surface area contributed by atoms with Crippen LogP contribution >= 0.6 is 22.9 Å². The molecule has 1 heterocycles. The zero-order valence-corrected chi connectivity index (χ0v) is 11.5. The van der Waals surface area contributed by atoms with Crippen LogP contribution in [0.4, 0.5) is 0 Å². The van der Waals surface area contributed by atoms with Crippen molar-refractivity contribution in [3.63, 3.8) is 0 Å². The summed E-state index contributed by atoms with van der Waals surface area (Å²) in [5.41, 5.74) is 0. The fourth-order valence-electron chi connectivity index (χ4n) is 1.19. The minimum atomic E-state index is 0. The van der Waals surface area contributed by atoms with Gasteiger partial charge in [0.25, 0.3) is 0 Å². The molecular weight excluding hydrogens is 515 g/mol. The fraction of sp³-hybridized carbons (Fsp3) is 0.875. The molecule has 0 amide bonds. The van der Waals surface area contributed by atoms with Gasteiger partial charge in [-0.05, 0) is 0 Å². The van der Waals surface area contributed by atoms with Gasteiger partial charge in [0, 0.05) is 36.0 Å². The SMILES string of the molecule is C[C-]1CCCOCCN(I)C1.[Lr]. The van der Waals surface area contributed by atoms with Gasteiger partial charge in [0.1, 0.15) is 0 Å². The molecule has 1 radical (unpaired) electrons. The first-order valence-electron chi connectivity index (χ1n) is 4.09. The Hall–Kier alpha value is -0.350. The number of rotatable bonds is 0. The van der Waals surface area contributed by atoms with E-state index in [0.717, 1.165) is 26.3 Å². The standard InChI is InChI=1S/C8H15INO.Lr/c1-8-3-2-5-11-6-4-10(9)7-8;/h2-7H2,1H3;/q-1;. The van der Waals surface area contributed by atoms with Gasteiger partial charge in [-0.1, -0.05) is 6.42 Å². The van der Waals surface area contributed by atoms with Crippen molar-refractivity contribution < 1.29 is 4.74 Å². The molecule has 1 aliphatic heterocycles. The summed E-state index contributed by atoms with van der Waals surface area (Å²) in [6.45, 7) is 6.23. The number of hydrogen-bond donors (Lipinski definition) is 0. The molecule has 0 atom stereocenters. The molecule has 1 saturated heterocycles. The Kier molecular flexibility index (Phi) is 6.02. The Morgan fingerprint density at radius 2 is 2.17 bits per heavy atom. The fourth-order valence-corrected chi connectivity index (χ4v) is 1.97. The molecule has 0 saturated carbocycles. The van der Waals surface area contributed by atoms with E-state index in [4.69, 9.17) is 4.74 Å². The minimum absolute atomic E-state index is 0.